The number of rotatable bonds is 8. The smallest absolute Gasteiger partial charge is 0.178 e. The van der Waals surface area contributed by atoms with E-state index in [0.29, 0.717) is 42.9 Å². The fourth-order valence-electron chi connectivity index (χ4n) is 4.62. The summed E-state index contributed by atoms with van der Waals surface area (Å²) in [4.78, 5) is 13.2. The van der Waals surface area contributed by atoms with Crippen molar-refractivity contribution in [2.24, 2.45) is 0 Å². The topological polar surface area (TPSA) is 52.7 Å². The van der Waals surface area contributed by atoms with Crippen molar-refractivity contribution in [1.82, 2.24) is 19.6 Å². The van der Waals surface area contributed by atoms with Crippen molar-refractivity contribution in [1.29, 1.82) is 0 Å². The molecule has 0 atom stereocenters. The average molecular weight is 656 g/mol. The highest BCUT2D eigenvalue weighted by Gasteiger charge is 2.19. The second-order valence-corrected chi connectivity index (χ2v) is 11.3. The van der Waals surface area contributed by atoms with Crippen LogP contribution in [0.2, 0.25) is 20.4 Å². The number of aromatic nitrogens is 4. The Labute approximate surface area is 274 Å². The first kappa shape index (κ1) is 29.7. The largest absolute Gasteiger partial charge is 0.290 e. The molecule has 44 heavy (non-hydrogen) atoms. The quantitative estimate of drug-likeness (QED) is 0.153. The van der Waals surface area contributed by atoms with Crippen molar-refractivity contribution in [3.63, 3.8) is 0 Å². The highest BCUT2D eigenvalue weighted by Crippen LogP contribution is 2.34. The number of allylic oxidation sites excluding steroid dienone is 2. The molecule has 0 unspecified atom stereocenters. The average Bonchev–Trinajstić information content (AvgIpc) is 3.56. The number of carbonyl (C=O) groups excluding carboxylic acids is 1. The van der Waals surface area contributed by atoms with Gasteiger partial charge < -0.3 is 0 Å². The Morgan fingerprint density at radius 3 is 1.25 bits per heavy atom. The fourth-order valence-corrected chi connectivity index (χ4v) is 5.45. The molecule has 0 aliphatic heterocycles. The summed E-state index contributed by atoms with van der Waals surface area (Å²) in [5.41, 5.74) is 5.61. The molecule has 0 aliphatic carbocycles. The SMILES string of the molecule is O=C(/C=C/c1c(-c2ccc(Cl)cc2)nn(-c2ccccc2)c1Cl)/C=C/c1c(-c2ccc(Cl)cc2)nn(-c2ccccc2)c1Cl. The minimum Gasteiger partial charge on any atom is -0.290 e. The zero-order chi connectivity index (χ0) is 30.6. The number of ketones is 1. The molecule has 2 aromatic heterocycles. The van der Waals surface area contributed by atoms with E-state index in [-0.39, 0.29) is 5.78 Å². The molecule has 0 spiro atoms. The zero-order valence-electron chi connectivity index (χ0n) is 22.9. The number of para-hydroxylation sites is 2. The predicted molar refractivity (Wildman–Crippen MR) is 181 cm³/mol. The van der Waals surface area contributed by atoms with Gasteiger partial charge in [0.15, 0.2) is 5.78 Å². The molecule has 4 aromatic carbocycles. The van der Waals surface area contributed by atoms with E-state index >= 15 is 0 Å². The highest BCUT2D eigenvalue weighted by atomic mass is 35.5. The molecule has 6 rings (SSSR count). The lowest BCUT2D eigenvalue weighted by Crippen LogP contribution is -1.96. The van der Waals surface area contributed by atoms with Gasteiger partial charge in [-0.2, -0.15) is 10.2 Å². The van der Waals surface area contributed by atoms with Crippen LogP contribution < -0.4 is 0 Å². The summed E-state index contributed by atoms with van der Waals surface area (Å²) in [6.45, 7) is 0. The molecule has 0 bridgehead atoms. The number of benzene rings is 4. The first-order valence-electron chi connectivity index (χ1n) is 13.5. The van der Waals surface area contributed by atoms with Gasteiger partial charge in [0.1, 0.15) is 21.7 Å². The van der Waals surface area contributed by atoms with Crippen molar-refractivity contribution in [2.45, 2.75) is 0 Å². The lowest BCUT2D eigenvalue weighted by Gasteiger charge is -2.02. The maximum absolute atomic E-state index is 13.2. The summed E-state index contributed by atoms with van der Waals surface area (Å²) in [5, 5.41) is 11.5. The van der Waals surface area contributed by atoms with E-state index < -0.39 is 0 Å². The Hall–Kier alpha value is -4.39. The highest BCUT2D eigenvalue weighted by molar-refractivity contribution is 6.33. The first-order chi connectivity index (χ1) is 21.4. The molecule has 6 aromatic rings. The second kappa shape index (κ2) is 13.1. The van der Waals surface area contributed by atoms with Gasteiger partial charge in [0.25, 0.3) is 0 Å². The van der Waals surface area contributed by atoms with Crippen molar-refractivity contribution < 1.29 is 4.79 Å². The van der Waals surface area contributed by atoms with E-state index in [4.69, 9.17) is 56.6 Å². The van der Waals surface area contributed by atoms with Crippen LogP contribution in [0, 0.1) is 0 Å². The molecule has 0 radical (unpaired) electrons. The summed E-state index contributed by atoms with van der Waals surface area (Å²) in [6.07, 6.45) is 6.23. The molecule has 0 fully saturated rings. The van der Waals surface area contributed by atoms with E-state index in [1.807, 2.05) is 84.9 Å². The third-order valence-electron chi connectivity index (χ3n) is 6.79. The van der Waals surface area contributed by atoms with Gasteiger partial charge in [0.2, 0.25) is 0 Å². The number of halogens is 4. The minimum atomic E-state index is -0.277. The van der Waals surface area contributed by atoms with Crippen LogP contribution >= 0.6 is 46.4 Å². The summed E-state index contributed by atoms with van der Waals surface area (Å²) in [5.74, 6) is -0.277. The Morgan fingerprint density at radius 1 is 0.523 bits per heavy atom. The van der Waals surface area contributed by atoms with E-state index in [9.17, 15) is 4.79 Å². The molecular formula is C35H22Cl4N4O. The summed E-state index contributed by atoms with van der Waals surface area (Å²) in [6, 6.07) is 33.7. The van der Waals surface area contributed by atoms with Gasteiger partial charge >= 0.3 is 0 Å². The van der Waals surface area contributed by atoms with Crippen molar-refractivity contribution >= 4 is 64.3 Å². The monoisotopic (exact) mass is 654 g/mol. The molecule has 0 saturated carbocycles. The molecule has 0 saturated heterocycles. The fraction of sp³-hybridized carbons (Fsp3) is 0. The van der Waals surface area contributed by atoms with Crippen molar-refractivity contribution in [3.8, 4) is 33.9 Å². The van der Waals surface area contributed by atoms with Crippen LogP contribution in [-0.2, 0) is 4.79 Å². The molecule has 5 nitrogen and oxygen atoms in total. The second-order valence-electron chi connectivity index (χ2n) is 9.68. The predicted octanol–water partition coefficient (Wildman–Crippen LogP) is 10.3. The number of hydrogen-bond acceptors (Lipinski definition) is 3. The molecule has 9 heteroatoms. The Morgan fingerprint density at radius 2 is 0.886 bits per heavy atom. The summed E-state index contributed by atoms with van der Waals surface area (Å²) < 4.78 is 3.28. The van der Waals surface area contributed by atoms with Crippen LogP contribution in [0.3, 0.4) is 0 Å². The zero-order valence-corrected chi connectivity index (χ0v) is 25.9. The van der Waals surface area contributed by atoms with Crippen molar-refractivity contribution in [2.75, 3.05) is 0 Å². The van der Waals surface area contributed by atoms with Gasteiger partial charge in [-0.3, -0.25) is 4.79 Å². The van der Waals surface area contributed by atoms with Gasteiger partial charge in [-0.25, -0.2) is 9.36 Å². The summed E-state index contributed by atoms with van der Waals surface area (Å²) >= 11 is 25.9. The number of carbonyl (C=O) groups is 1. The van der Waals surface area contributed by atoms with Gasteiger partial charge in [-0.15, -0.1) is 0 Å². The minimum absolute atomic E-state index is 0.277. The third-order valence-corrected chi connectivity index (χ3v) is 8.02. The maximum atomic E-state index is 13.2. The van der Waals surface area contributed by atoms with Crippen LogP contribution in [0.15, 0.2) is 121 Å². The van der Waals surface area contributed by atoms with Crippen LogP contribution in [0.5, 0.6) is 0 Å². The molecule has 216 valence electrons. The van der Waals surface area contributed by atoms with Gasteiger partial charge in [0, 0.05) is 32.3 Å². The van der Waals surface area contributed by atoms with Crippen molar-refractivity contribution in [3.05, 3.63) is 153 Å². The Bertz CT molecular complexity index is 1850. The standard InChI is InChI=1S/C35H22Cl4N4O/c36-25-15-11-23(12-16-25)32-30(34(38)42(40-32)27-7-3-1-4-8-27)21-19-29(44)20-22-31-33(24-13-17-26(37)18-14-24)41-43(35(31)39)28-9-5-2-6-10-28/h1-22H/b21-19+,22-20+. The van der Waals surface area contributed by atoms with Gasteiger partial charge in [-0.1, -0.05) is 107 Å². The molecule has 2 heterocycles. The lowest BCUT2D eigenvalue weighted by atomic mass is 10.1. The van der Waals surface area contributed by atoms with E-state index in [1.165, 1.54) is 12.2 Å². The van der Waals surface area contributed by atoms with Gasteiger partial charge in [0.05, 0.1) is 11.4 Å². The van der Waals surface area contributed by atoms with Crippen LogP contribution in [0.4, 0.5) is 0 Å². The Balaban J connectivity index is 1.36. The lowest BCUT2D eigenvalue weighted by molar-refractivity contribution is -0.110. The van der Waals surface area contributed by atoms with Crippen LogP contribution in [0.1, 0.15) is 11.1 Å². The van der Waals surface area contributed by atoms with Gasteiger partial charge in [-0.05, 0) is 72.8 Å². The van der Waals surface area contributed by atoms with Crippen LogP contribution in [-0.4, -0.2) is 25.3 Å². The normalized spacial score (nSPS) is 11.5. The maximum Gasteiger partial charge on any atom is 0.178 e. The van der Waals surface area contributed by atoms with E-state index in [1.54, 1.807) is 45.8 Å². The molecule has 0 aliphatic rings. The third kappa shape index (κ3) is 6.28. The summed E-state index contributed by atoms with van der Waals surface area (Å²) in [7, 11) is 0. The number of hydrogen-bond donors (Lipinski definition) is 0. The number of nitrogens with zero attached hydrogens (tertiary/aromatic N) is 4. The van der Waals surface area contributed by atoms with E-state index in [2.05, 4.69) is 0 Å². The first-order valence-corrected chi connectivity index (χ1v) is 15.0. The van der Waals surface area contributed by atoms with E-state index in [0.717, 1.165) is 22.5 Å². The molecule has 0 N–H and O–H groups in total. The van der Waals surface area contributed by atoms with Crippen LogP contribution in [0.25, 0.3) is 46.0 Å². The Kier molecular flexibility index (Phi) is 8.82. The molecular weight excluding hydrogens is 634 g/mol. The molecule has 0 amide bonds.